The van der Waals surface area contributed by atoms with E-state index < -0.39 is 11.9 Å². The number of rotatable bonds is 3. The average molecular weight is 374 g/mol. The number of hydrogen-bond donors (Lipinski definition) is 2. The van der Waals surface area contributed by atoms with Gasteiger partial charge in [0.25, 0.3) is 5.91 Å². The molecule has 28 heavy (non-hydrogen) atoms. The van der Waals surface area contributed by atoms with Crippen LogP contribution in [-0.4, -0.2) is 30.2 Å². The van der Waals surface area contributed by atoms with Crippen molar-refractivity contribution in [2.75, 3.05) is 18.5 Å². The lowest BCUT2D eigenvalue weighted by Crippen LogP contribution is -2.19. The largest absolute Gasteiger partial charge is 0.486 e. The molecule has 1 amide bonds. The molecule has 0 saturated heterocycles. The van der Waals surface area contributed by atoms with Crippen LogP contribution < -0.4 is 14.8 Å². The lowest BCUT2D eigenvalue weighted by Gasteiger charge is -2.20. The Labute approximate surface area is 159 Å². The van der Waals surface area contributed by atoms with E-state index in [0.717, 1.165) is 10.8 Å². The molecule has 4 rings (SSSR count). The Morgan fingerprint density at radius 2 is 1.64 bits per heavy atom. The van der Waals surface area contributed by atoms with E-state index >= 15 is 0 Å². The molecular formula is C21H14N2O5. The monoisotopic (exact) mass is 374 g/mol. The normalized spacial score (nSPS) is 12.2. The van der Waals surface area contributed by atoms with Crippen molar-refractivity contribution >= 4 is 28.3 Å². The second-order valence-electron chi connectivity index (χ2n) is 6.19. The molecule has 7 heteroatoms. The second-order valence-corrected chi connectivity index (χ2v) is 6.19. The maximum atomic E-state index is 12.7. The summed E-state index contributed by atoms with van der Waals surface area (Å²) in [6.45, 7) is 0.685. The number of carboxylic acids is 1. The van der Waals surface area contributed by atoms with E-state index in [1.54, 1.807) is 36.4 Å². The van der Waals surface area contributed by atoms with Crippen molar-refractivity contribution in [3.8, 4) is 17.6 Å². The van der Waals surface area contributed by atoms with Gasteiger partial charge in [0, 0.05) is 17.7 Å². The van der Waals surface area contributed by atoms with E-state index in [1.165, 1.54) is 12.1 Å². The molecule has 0 bridgehead atoms. The van der Waals surface area contributed by atoms with E-state index in [-0.39, 0.29) is 11.3 Å². The third kappa shape index (κ3) is 3.19. The summed E-state index contributed by atoms with van der Waals surface area (Å²) in [5.74, 6) is -0.921. The number of nitrogens with zero attached hydrogens (tertiary/aromatic N) is 1. The van der Waals surface area contributed by atoms with Gasteiger partial charge in [0.15, 0.2) is 11.5 Å². The van der Waals surface area contributed by atoms with E-state index in [2.05, 4.69) is 11.4 Å². The first-order valence-electron chi connectivity index (χ1n) is 8.47. The van der Waals surface area contributed by atoms with Crippen molar-refractivity contribution in [1.82, 2.24) is 0 Å². The van der Waals surface area contributed by atoms with E-state index in [1.807, 2.05) is 0 Å². The molecule has 0 saturated carbocycles. The maximum absolute atomic E-state index is 12.7. The molecule has 0 spiro atoms. The number of carboxylic acid groups (broad SMARTS) is 1. The van der Waals surface area contributed by atoms with Crippen molar-refractivity contribution in [2.45, 2.75) is 0 Å². The molecule has 0 unspecified atom stereocenters. The molecule has 7 nitrogen and oxygen atoms in total. The molecule has 1 aliphatic rings. The molecule has 1 heterocycles. The Hall–Kier alpha value is -4.05. The Morgan fingerprint density at radius 1 is 0.964 bits per heavy atom. The first-order valence-corrected chi connectivity index (χ1v) is 8.47. The number of anilines is 1. The molecule has 0 aromatic heterocycles. The molecular weight excluding hydrogens is 360 g/mol. The minimum absolute atomic E-state index is 0.0861. The summed E-state index contributed by atoms with van der Waals surface area (Å²) in [6, 6.07) is 15.1. The molecule has 1 aliphatic heterocycles. The lowest BCUT2D eigenvalue weighted by atomic mass is 10.0. The van der Waals surface area contributed by atoms with E-state index in [9.17, 15) is 14.7 Å². The maximum Gasteiger partial charge on any atom is 0.337 e. The van der Waals surface area contributed by atoms with Gasteiger partial charge >= 0.3 is 5.97 Å². The predicted octanol–water partition coefficient (Wildman–Crippen LogP) is 3.43. The van der Waals surface area contributed by atoms with E-state index in [0.29, 0.717) is 35.8 Å². The molecule has 3 aromatic carbocycles. The first kappa shape index (κ1) is 17.4. The number of amides is 1. The van der Waals surface area contributed by atoms with Crippen LogP contribution in [0.1, 0.15) is 26.3 Å². The fourth-order valence-corrected chi connectivity index (χ4v) is 3.02. The quantitative estimate of drug-likeness (QED) is 0.727. The summed E-state index contributed by atoms with van der Waals surface area (Å²) in [4.78, 5) is 24.3. The summed E-state index contributed by atoms with van der Waals surface area (Å²) in [5.41, 5.74) is 0.939. The SMILES string of the molecule is N#Cc1ccc2cc(C(=O)Nc3cc4c(cc3C(=O)O)OCCO4)ccc2c1. The second kappa shape index (κ2) is 6.93. The number of benzene rings is 3. The van der Waals surface area contributed by atoms with Crippen LogP contribution in [0.3, 0.4) is 0 Å². The molecule has 0 atom stereocenters. The van der Waals surface area contributed by atoms with Crippen LogP contribution in [0.2, 0.25) is 0 Å². The van der Waals surface area contributed by atoms with Gasteiger partial charge in [-0.1, -0.05) is 12.1 Å². The van der Waals surface area contributed by atoms with Crippen LogP contribution in [-0.2, 0) is 0 Å². The van der Waals surface area contributed by atoms with Gasteiger partial charge in [-0.3, -0.25) is 4.79 Å². The summed E-state index contributed by atoms with van der Waals surface area (Å²) >= 11 is 0. The van der Waals surface area contributed by atoms with Gasteiger partial charge in [-0.2, -0.15) is 5.26 Å². The van der Waals surface area contributed by atoms with Gasteiger partial charge in [-0.15, -0.1) is 0 Å². The van der Waals surface area contributed by atoms with Crippen molar-refractivity contribution in [3.63, 3.8) is 0 Å². The Morgan fingerprint density at radius 3 is 2.36 bits per heavy atom. The Balaban J connectivity index is 1.67. The highest BCUT2D eigenvalue weighted by atomic mass is 16.6. The highest BCUT2D eigenvalue weighted by Gasteiger charge is 2.21. The van der Waals surface area contributed by atoms with Gasteiger partial charge in [-0.25, -0.2) is 4.79 Å². The zero-order chi connectivity index (χ0) is 19.7. The van der Waals surface area contributed by atoms with Crippen molar-refractivity contribution in [2.24, 2.45) is 0 Å². The summed E-state index contributed by atoms with van der Waals surface area (Å²) in [6.07, 6.45) is 0. The number of fused-ring (bicyclic) bond motifs is 2. The number of hydrogen-bond acceptors (Lipinski definition) is 5. The van der Waals surface area contributed by atoms with Crippen molar-refractivity contribution in [1.29, 1.82) is 5.26 Å². The van der Waals surface area contributed by atoms with E-state index in [4.69, 9.17) is 14.7 Å². The van der Waals surface area contributed by atoms with Crippen LogP contribution in [0.4, 0.5) is 5.69 Å². The van der Waals surface area contributed by atoms with Crippen molar-refractivity contribution < 1.29 is 24.2 Å². The highest BCUT2D eigenvalue weighted by molar-refractivity contribution is 6.09. The first-order chi connectivity index (χ1) is 13.5. The number of carbonyl (C=O) groups is 2. The highest BCUT2D eigenvalue weighted by Crippen LogP contribution is 2.36. The van der Waals surface area contributed by atoms with Gasteiger partial charge in [0.1, 0.15) is 13.2 Å². The Bertz CT molecular complexity index is 1160. The number of nitrogens with one attached hydrogen (secondary N) is 1. The molecule has 0 aliphatic carbocycles. The minimum Gasteiger partial charge on any atom is -0.486 e. The topological polar surface area (TPSA) is 109 Å². The van der Waals surface area contributed by atoms with Crippen LogP contribution in [0, 0.1) is 11.3 Å². The summed E-state index contributed by atoms with van der Waals surface area (Å²) < 4.78 is 10.9. The van der Waals surface area contributed by atoms with Crippen LogP contribution in [0.25, 0.3) is 10.8 Å². The molecule has 3 aromatic rings. The van der Waals surface area contributed by atoms with Crippen molar-refractivity contribution in [3.05, 3.63) is 65.2 Å². The average Bonchev–Trinajstić information content (AvgIpc) is 2.72. The smallest absolute Gasteiger partial charge is 0.337 e. The minimum atomic E-state index is -1.19. The van der Waals surface area contributed by atoms with Crippen LogP contribution >= 0.6 is 0 Å². The van der Waals surface area contributed by atoms with Crippen LogP contribution in [0.15, 0.2) is 48.5 Å². The predicted molar refractivity (Wildman–Crippen MR) is 101 cm³/mol. The van der Waals surface area contributed by atoms with Gasteiger partial charge in [0.2, 0.25) is 0 Å². The fraction of sp³-hybridized carbons (Fsp3) is 0.0952. The molecule has 2 N–H and O–H groups in total. The lowest BCUT2D eigenvalue weighted by molar-refractivity contribution is 0.0697. The molecule has 0 fully saturated rings. The molecule has 0 radical (unpaired) electrons. The summed E-state index contributed by atoms with van der Waals surface area (Å²) in [5, 5.41) is 22.7. The number of carbonyl (C=O) groups excluding carboxylic acids is 1. The van der Waals surface area contributed by atoms with Crippen LogP contribution in [0.5, 0.6) is 11.5 Å². The zero-order valence-electron chi connectivity index (χ0n) is 14.6. The molecule has 138 valence electrons. The number of ether oxygens (including phenoxy) is 2. The van der Waals surface area contributed by atoms with Gasteiger partial charge < -0.3 is 19.9 Å². The Kier molecular flexibility index (Phi) is 4.30. The fourth-order valence-electron chi connectivity index (χ4n) is 3.02. The van der Waals surface area contributed by atoms with Gasteiger partial charge in [0.05, 0.1) is 22.9 Å². The third-order valence-electron chi connectivity index (χ3n) is 4.39. The summed E-state index contributed by atoms with van der Waals surface area (Å²) in [7, 11) is 0. The zero-order valence-corrected chi connectivity index (χ0v) is 14.6. The standard InChI is InChI=1S/C21H14N2O5/c22-11-12-1-2-14-8-15(4-3-13(14)7-12)20(24)23-17-10-19-18(27-5-6-28-19)9-16(17)21(25)26/h1-4,7-10H,5-6H2,(H,23,24)(H,25,26). The third-order valence-corrected chi connectivity index (χ3v) is 4.39. The van der Waals surface area contributed by atoms with Gasteiger partial charge in [-0.05, 0) is 35.0 Å². The number of aromatic carboxylic acids is 1. The number of nitriles is 1.